The summed E-state index contributed by atoms with van der Waals surface area (Å²) in [6.45, 7) is 1.71. The Bertz CT molecular complexity index is 1020. The van der Waals surface area contributed by atoms with E-state index in [0.29, 0.717) is 5.11 Å². The fourth-order valence-electron chi connectivity index (χ4n) is 4.40. The first-order valence-electron chi connectivity index (χ1n) is 10.2. The second kappa shape index (κ2) is 8.49. The molecule has 154 valence electrons. The molecule has 3 atom stereocenters. The van der Waals surface area contributed by atoms with Gasteiger partial charge in [0.1, 0.15) is 6.04 Å². The first-order chi connectivity index (χ1) is 14.7. The number of hydrogen-bond acceptors (Lipinski definition) is 3. The average molecular weight is 483 g/mol. The molecule has 3 aromatic rings. The number of hydrogen-bond donors (Lipinski definition) is 1. The van der Waals surface area contributed by atoms with Crippen LogP contribution >= 0.6 is 28.1 Å². The Labute approximate surface area is 190 Å². The lowest BCUT2D eigenvalue weighted by Gasteiger charge is -2.29. The third-order valence-electron chi connectivity index (χ3n) is 5.79. The van der Waals surface area contributed by atoms with Crippen molar-refractivity contribution in [2.45, 2.75) is 37.6 Å². The van der Waals surface area contributed by atoms with Crippen LogP contribution in [0.25, 0.3) is 0 Å². The zero-order chi connectivity index (χ0) is 20.5. The van der Waals surface area contributed by atoms with Crippen LogP contribution in [0.4, 0.5) is 5.69 Å². The van der Waals surface area contributed by atoms with Crippen molar-refractivity contribution in [3.63, 3.8) is 0 Å². The predicted molar refractivity (Wildman–Crippen MR) is 125 cm³/mol. The zero-order valence-electron chi connectivity index (χ0n) is 16.4. The maximum Gasteiger partial charge on any atom is 0.174 e. The average Bonchev–Trinajstić information content (AvgIpc) is 3.50. The highest BCUT2D eigenvalue weighted by Crippen LogP contribution is 2.42. The van der Waals surface area contributed by atoms with Crippen LogP contribution in [0.15, 0.2) is 71.5 Å². The van der Waals surface area contributed by atoms with Gasteiger partial charge >= 0.3 is 0 Å². The van der Waals surface area contributed by atoms with E-state index in [1.54, 1.807) is 0 Å². The largest absolute Gasteiger partial charge is 0.376 e. The molecular weight excluding hydrogens is 460 g/mol. The minimum atomic E-state index is -0.0412. The van der Waals surface area contributed by atoms with Crippen molar-refractivity contribution in [1.29, 1.82) is 0 Å². The molecule has 0 saturated carbocycles. The van der Waals surface area contributed by atoms with E-state index in [1.165, 1.54) is 5.69 Å². The van der Waals surface area contributed by atoms with Gasteiger partial charge in [0.25, 0.3) is 0 Å². The Morgan fingerprint density at radius 2 is 2.00 bits per heavy atom. The fraction of sp³-hybridized carbons (Fsp3) is 0.304. The van der Waals surface area contributed by atoms with E-state index >= 15 is 0 Å². The monoisotopic (exact) mass is 482 g/mol. The van der Waals surface area contributed by atoms with Crippen LogP contribution in [0.5, 0.6) is 0 Å². The predicted octanol–water partition coefficient (Wildman–Crippen LogP) is 5.00. The van der Waals surface area contributed by atoms with Gasteiger partial charge in [-0.05, 0) is 73.6 Å². The minimum Gasteiger partial charge on any atom is -0.376 e. The molecule has 2 aliphatic rings. The third-order valence-corrected chi connectivity index (χ3v) is 6.64. The van der Waals surface area contributed by atoms with E-state index < -0.39 is 0 Å². The summed E-state index contributed by atoms with van der Waals surface area (Å²) in [6, 6.07) is 18.6. The van der Waals surface area contributed by atoms with Gasteiger partial charge in [-0.2, -0.15) is 0 Å². The van der Waals surface area contributed by atoms with Gasteiger partial charge in [0, 0.05) is 41.4 Å². The van der Waals surface area contributed by atoms with Crippen LogP contribution in [-0.2, 0) is 11.3 Å². The Kier molecular flexibility index (Phi) is 5.58. The second-order valence-electron chi connectivity index (χ2n) is 7.69. The topological polar surface area (TPSA) is 42.3 Å². The molecule has 2 fully saturated rings. The summed E-state index contributed by atoms with van der Waals surface area (Å²) in [5, 5.41) is 4.24. The van der Waals surface area contributed by atoms with Crippen molar-refractivity contribution in [3.8, 4) is 0 Å². The molecule has 30 heavy (non-hydrogen) atoms. The molecule has 4 heterocycles. The van der Waals surface area contributed by atoms with Crippen LogP contribution in [0.3, 0.4) is 0 Å². The number of thiocarbonyl (C=S) groups is 1. The quantitative estimate of drug-likeness (QED) is 0.518. The molecule has 7 heteroatoms. The lowest BCUT2D eigenvalue weighted by Crippen LogP contribution is -2.31. The molecule has 0 spiro atoms. The van der Waals surface area contributed by atoms with Crippen LogP contribution in [-0.4, -0.2) is 27.4 Å². The lowest BCUT2D eigenvalue weighted by molar-refractivity contribution is 0.0961. The molecule has 2 aromatic heterocycles. The first kappa shape index (κ1) is 19.7. The number of rotatable bonds is 5. The smallest absolute Gasteiger partial charge is 0.174 e. The molecule has 1 N–H and O–H groups in total. The van der Waals surface area contributed by atoms with Gasteiger partial charge in [0.15, 0.2) is 5.11 Å². The molecular formula is C23H23BrN4OS. The maximum atomic E-state index is 5.91. The molecule has 5 rings (SSSR count). The number of aromatic nitrogens is 2. The first-order valence-corrected chi connectivity index (χ1v) is 11.4. The Balaban J connectivity index is 1.57. The minimum absolute atomic E-state index is 0.00928. The molecule has 2 saturated heterocycles. The zero-order valence-corrected chi connectivity index (χ0v) is 18.8. The van der Waals surface area contributed by atoms with E-state index in [9.17, 15) is 0 Å². The second-order valence-corrected chi connectivity index (χ2v) is 9.00. The fourth-order valence-corrected chi connectivity index (χ4v) is 5.02. The van der Waals surface area contributed by atoms with E-state index in [2.05, 4.69) is 84.4 Å². The van der Waals surface area contributed by atoms with Gasteiger partial charge in [-0.15, -0.1) is 0 Å². The number of anilines is 1. The van der Waals surface area contributed by atoms with Crippen LogP contribution in [0, 0.1) is 0 Å². The van der Waals surface area contributed by atoms with Gasteiger partial charge in [-0.25, -0.2) is 0 Å². The number of nitrogens with zero attached hydrogens (tertiary/aromatic N) is 3. The highest BCUT2D eigenvalue weighted by molar-refractivity contribution is 9.10. The van der Waals surface area contributed by atoms with Gasteiger partial charge < -0.3 is 19.5 Å². The molecule has 0 unspecified atom stereocenters. The summed E-state index contributed by atoms with van der Waals surface area (Å²) in [5.74, 6) is 0. The highest BCUT2D eigenvalue weighted by atomic mass is 79.9. The summed E-state index contributed by atoms with van der Waals surface area (Å²) >= 11 is 9.35. The number of ether oxygens (including phenoxy) is 1. The van der Waals surface area contributed by atoms with Gasteiger partial charge in [-0.1, -0.05) is 22.0 Å². The molecule has 5 nitrogen and oxygen atoms in total. The van der Waals surface area contributed by atoms with Crippen molar-refractivity contribution < 1.29 is 4.74 Å². The standard InChI is InChI=1S/C23H23BrN4OS/c24-16-8-10-17(11-9-16)28-22(21(26-23(28)30)19-6-1-2-12-25-19)20-7-3-13-27(20)15-18-5-4-14-29-18/h1-3,6-13,18,21-22H,4-5,14-15H2,(H,26,30)/t18-,21+,22+/m0/s1. The van der Waals surface area contributed by atoms with Crippen molar-refractivity contribution in [3.05, 3.63) is 82.9 Å². The number of nitrogens with one attached hydrogen (secondary N) is 1. The molecule has 0 bridgehead atoms. The summed E-state index contributed by atoms with van der Waals surface area (Å²) in [7, 11) is 0. The number of pyridine rings is 1. The Hall–Kier alpha value is -2.22. The molecule has 0 radical (unpaired) electrons. The normalized spacial score (nSPS) is 23.7. The van der Waals surface area contributed by atoms with Gasteiger partial charge in [-0.3, -0.25) is 4.98 Å². The third kappa shape index (κ3) is 3.77. The Morgan fingerprint density at radius 3 is 2.73 bits per heavy atom. The molecule has 1 aromatic carbocycles. The van der Waals surface area contributed by atoms with Crippen molar-refractivity contribution >= 4 is 38.9 Å². The van der Waals surface area contributed by atoms with Gasteiger partial charge in [0.05, 0.1) is 17.8 Å². The summed E-state index contributed by atoms with van der Waals surface area (Å²) < 4.78 is 9.27. The number of halogens is 1. The lowest BCUT2D eigenvalue weighted by atomic mass is 10.0. The van der Waals surface area contributed by atoms with Crippen molar-refractivity contribution in [2.24, 2.45) is 0 Å². The molecule has 2 aliphatic heterocycles. The maximum absolute atomic E-state index is 5.91. The summed E-state index contributed by atoms with van der Waals surface area (Å²) in [6.07, 6.45) is 6.50. The van der Waals surface area contributed by atoms with Crippen molar-refractivity contribution in [1.82, 2.24) is 14.9 Å². The molecule has 0 aliphatic carbocycles. The summed E-state index contributed by atoms with van der Waals surface area (Å²) in [5.41, 5.74) is 3.25. The van der Waals surface area contributed by atoms with E-state index in [0.717, 1.165) is 41.8 Å². The van der Waals surface area contributed by atoms with E-state index in [1.807, 2.05) is 18.3 Å². The van der Waals surface area contributed by atoms with Crippen LogP contribution in [0.2, 0.25) is 0 Å². The van der Waals surface area contributed by atoms with Crippen molar-refractivity contribution in [2.75, 3.05) is 11.5 Å². The Morgan fingerprint density at radius 1 is 1.13 bits per heavy atom. The summed E-state index contributed by atoms with van der Waals surface area (Å²) in [4.78, 5) is 6.85. The molecule has 0 amide bonds. The van der Waals surface area contributed by atoms with Crippen LogP contribution < -0.4 is 10.2 Å². The number of benzene rings is 1. The highest BCUT2D eigenvalue weighted by Gasteiger charge is 2.42. The SMILES string of the molecule is S=C1N[C@H](c2ccccn2)[C@@H](c2cccn2C[C@@H]2CCCO2)N1c1ccc(Br)cc1. The van der Waals surface area contributed by atoms with Crippen LogP contribution in [0.1, 0.15) is 36.3 Å². The van der Waals surface area contributed by atoms with Gasteiger partial charge in [0.2, 0.25) is 0 Å². The van der Waals surface area contributed by atoms with E-state index in [4.69, 9.17) is 17.0 Å². The van der Waals surface area contributed by atoms with E-state index in [-0.39, 0.29) is 18.2 Å².